The maximum Gasteiger partial charge on any atom is 0.505 e. The van der Waals surface area contributed by atoms with Gasteiger partial charge in [0.2, 0.25) is 0 Å². The summed E-state index contributed by atoms with van der Waals surface area (Å²) in [5, 5.41) is 0. The van der Waals surface area contributed by atoms with Gasteiger partial charge >= 0.3 is 8.80 Å². The predicted octanol–water partition coefficient (Wildman–Crippen LogP) is 1.78. The molecule has 1 aliphatic rings. The molecule has 0 radical (unpaired) electrons. The topological polar surface area (TPSA) is 36.9 Å². The van der Waals surface area contributed by atoms with Gasteiger partial charge in [-0.2, -0.15) is 0 Å². The van der Waals surface area contributed by atoms with E-state index in [2.05, 4.69) is 0 Å². The monoisotopic (exact) mass is 220 g/mol. The van der Waals surface area contributed by atoms with Crippen LogP contribution >= 0.6 is 0 Å². The molecule has 1 fully saturated rings. The van der Waals surface area contributed by atoms with Crippen molar-refractivity contribution in [2.24, 2.45) is 0 Å². The van der Waals surface area contributed by atoms with Crippen LogP contribution in [0.2, 0.25) is 5.54 Å². The van der Waals surface area contributed by atoms with Crippen molar-refractivity contribution in [2.75, 3.05) is 28.1 Å². The second-order valence-corrected chi connectivity index (χ2v) is 6.67. The Bertz CT molecular complexity index is 155. The van der Waals surface area contributed by atoms with Crippen LogP contribution in [-0.2, 0) is 18.0 Å². The lowest BCUT2D eigenvalue weighted by Crippen LogP contribution is -2.48. The smallest absolute Gasteiger partial charge is 0.377 e. The van der Waals surface area contributed by atoms with Crippen LogP contribution in [0.15, 0.2) is 0 Å². The lowest BCUT2D eigenvalue weighted by molar-refractivity contribution is -0.0154. The summed E-state index contributed by atoms with van der Waals surface area (Å²) in [7, 11) is 2.49. The molecule has 4 nitrogen and oxygen atoms in total. The first-order chi connectivity index (χ1) is 6.79. The molecule has 0 aromatic rings. The van der Waals surface area contributed by atoms with Crippen LogP contribution in [0.25, 0.3) is 0 Å². The lowest BCUT2D eigenvalue weighted by Gasteiger charge is -2.30. The molecule has 0 aromatic heterocycles. The third kappa shape index (κ3) is 2.55. The Kier molecular flexibility index (Phi) is 5.04. The van der Waals surface area contributed by atoms with Gasteiger partial charge in [0.05, 0.1) is 0 Å². The molecule has 0 unspecified atom stereocenters. The average molecular weight is 220 g/mol. The molecule has 84 valence electrons. The largest absolute Gasteiger partial charge is 0.505 e. The Labute approximate surface area is 86.9 Å². The van der Waals surface area contributed by atoms with Crippen LogP contribution in [0, 0.1) is 0 Å². The number of methoxy groups -OCH3 is 1. The fourth-order valence-corrected chi connectivity index (χ4v) is 4.78. The first-order valence-corrected chi connectivity index (χ1v) is 6.82. The lowest BCUT2D eigenvalue weighted by atomic mass is 10.4. The highest BCUT2D eigenvalue weighted by molar-refractivity contribution is 6.62. The van der Waals surface area contributed by atoms with E-state index in [4.69, 9.17) is 18.0 Å². The first-order valence-electron chi connectivity index (χ1n) is 5.02. The minimum Gasteiger partial charge on any atom is -0.377 e. The van der Waals surface area contributed by atoms with E-state index >= 15 is 0 Å². The van der Waals surface area contributed by atoms with Crippen LogP contribution in [0.5, 0.6) is 0 Å². The predicted molar refractivity (Wildman–Crippen MR) is 55.0 cm³/mol. The van der Waals surface area contributed by atoms with Crippen LogP contribution in [-0.4, -0.2) is 36.9 Å². The second-order valence-electron chi connectivity index (χ2n) is 3.54. The zero-order chi connectivity index (χ0) is 10.4. The molecular formula is C9H20O4Si. The molecule has 14 heavy (non-hydrogen) atoms. The van der Waals surface area contributed by atoms with Gasteiger partial charge in [0.15, 0.2) is 0 Å². The summed E-state index contributed by atoms with van der Waals surface area (Å²) in [6.45, 7) is 0.254. The van der Waals surface area contributed by atoms with Gasteiger partial charge in [-0.05, 0) is 12.8 Å². The first kappa shape index (κ1) is 12.1. The summed E-state index contributed by atoms with van der Waals surface area (Å²) in [6.07, 6.45) is 4.81. The Morgan fingerprint density at radius 2 is 1.64 bits per heavy atom. The molecule has 0 atom stereocenters. The molecule has 1 aliphatic carbocycles. The van der Waals surface area contributed by atoms with Gasteiger partial charge in [0, 0.05) is 26.9 Å². The summed E-state index contributed by atoms with van der Waals surface area (Å²) in [6, 6.07) is 0. The van der Waals surface area contributed by atoms with Gasteiger partial charge in [-0.1, -0.05) is 12.8 Å². The van der Waals surface area contributed by atoms with Crippen molar-refractivity contribution in [3.05, 3.63) is 0 Å². The van der Waals surface area contributed by atoms with Gasteiger partial charge in [-0.25, -0.2) is 0 Å². The SMILES string of the molecule is COCO[Si](OC)(OC)C1CCCC1. The van der Waals surface area contributed by atoms with Crippen molar-refractivity contribution in [1.82, 2.24) is 0 Å². The summed E-state index contributed by atoms with van der Waals surface area (Å²) in [5.41, 5.74) is 0.452. The van der Waals surface area contributed by atoms with Crippen molar-refractivity contribution in [3.8, 4) is 0 Å². The Hall–Kier alpha value is 0.0569. The maximum absolute atomic E-state index is 5.63. The Balaban J connectivity index is 2.57. The third-order valence-electron chi connectivity index (χ3n) is 2.80. The van der Waals surface area contributed by atoms with Crippen molar-refractivity contribution in [1.29, 1.82) is 0 Å². The highest BCUT2D eigenvalue weighted by Crippen LogP contribution is 2.39. The van der Waals surface area contributed by atoms with Crippen molar-refractivity contribution < 1.29 is 18.0 Å². The summed E-state index contributed by atoms with van der Waals surface area (Å²) in [4.78, 5) is 0. The van der Waals surface area contributed by atoms with E-state index in [1.807, 2.05) is 0 Å². The molecular weight excluding hydrogens is 200 g/mol. The number of hydrogen-bond acceptors (Lipinski definition) is 4. The fraction of sp³-hybridized carbons (Fsp3) is 1.00. The van der Waals surface area contributed by atoms with E-state index in [0.29, 0.717) is 5.54 Å². The maximum atomic E-state index is 5.63. The van der Waals surface area contributed by atoms with Gasteiger partial charge in [0.25, 0.3) is 0 Å². The Morgan fingerprint density at radius 3 is 2.07 bits per heavy atom. The molecule has 0 N–H and O–H groups in total. The quantitative estimate of drug-likeness (QED) is 0.505. The molecule has 1 rings (SSSR count). The number of ether oxygens (including phenoxy) is 1. The molecule has 0 bridgehead atoms. The molecule has 0 aliphatic heterocycles. The average Bonchev–Trinajstić information content (AvgIpc) is 2.74. The number of rotatable bonds is 6. The molecule has 0 spiro atoms. The Morgan fingerprint density at radius 1 is 1.07 bits per heavy atom. The second kappa shape index (κ2) is 5.82. The third-order valence-corrected chi connectivity index (χ3v) is 6.04. The molecule has 0 heterocycles. The zero-order valence-corrected chi connectivity index (χ0v) is 10.2. The highest BCUT2D eigenvalue weighted by Gasteiger charge is 2.49. The van der Waals surface area contributed by atoms with Gasteiger partial charge in [0.1, 0.15) is 6.79 Å². The van der Waals surface area contributed by atoms with Crippen LogP contribution in [0.4, 0.5) is 0 Å². The van der Waals surface area contributed by atoms with Gasteiger partial charge in [-0.3, -0.25) is 0 Å². The number of hydrogen-bond donors (Lipinski definition) is 0. The van der Waals surface area contributed by atoms with Gasteiger partial charge < -0.3 is 18.0 Å². The van der Waals surface area contributed by atoms with E-state index in [0.717, 1.165) is 12.8 Å². The standard InChI is InChI=1S/C9H20O4Si/c1-10-8-13-14(11-2,12-3)9-6-4-5-7-9/h9H,4-8H2,1-3H3. The summed E-state index contributed by atoms with van der Waals surface area (Å²) < 4.78 is 21.5. The minimum atomic E-state index is -2.46. The van der Waals surface area contributed by atoms with Crippen molar-refractivity contribution >= 4 is 8.80 Å². The van der Waals surface area contributed by atoms with E-state index < -0.39 is 8.80 Å². The van der Waals surface area contributed by atoms with Crippen molar-refractivity contribution in [3.63, 3.8) is 0 Å². The molecule has 0 aromatic carbocycles. The van der Waals surface area contributed by atoms with Crippen LogP contribution < -0.4 is 0 Å². The van der Waals surface area contributed by atoms with Crippen molar-refractivity contribution in [2.45, 2.75) is 31.2 Å². The summed E-state index contributed by atoms with van der Waals surface area (Å²) in [5.74, 6) is 0. The molecule has 0 amide bonds. The van der Waals surface area contributed by atoms with E-state index in [-0.39, 0.29) is 6.79 Å². The molecule has 0 saturated heterocycles. The van der Waals surface area contributed by atoms with Crippen LogP contribution in [0.1, 0.15) is 25.7 Å². The molecule has 5 heteroatoms. The molecule has 1 saturated carbocycles. The van der Waals surface area contributed by atoms with E-state index in [1.54, 1.807) is 21.3 Å². The normalized spacial score (nSPS) is 19.1. The van der Waals surface area contributed by atoms with Gasteiger partial charge in [-0.15, -0.1) is 0 Å². The summed E-state index contributed by atoms with van der Waals surface area (Å²) >= 11 is 0. The highest BCUT2D eigenvalue weighted by atomic mass is 28.4. The van der Waals surface area contributed by atoms with Crippen LogP contribution in [0.3, 0.4) is 0 Å². The van der Waals surface area contributed by atoms with E-state index in [9.17, 15) is 0 Å². The zero-order valence-electron chi connectivity index (χ0n) is 9.25. The van der Waals surface area contributed by atoms with E-state index in [1.165, 1.54) is 12.8 Å². The minimum absolute atomic E-state index is 0.254. The fourth-order valence-electron chi connectivity index (χ4n) is 2.07.